The highest BCUT2D eigenvalue weighted by atomic mass is 16.5. The first-order chi connectivity index (χ1) is 12.6. The number of esters is 1. The van der Waals surface area contributed by atoms with Crippen LogP contribution in [0.2, 0.25) is 0 Å². The molecule has 0 radical (unpaired) electrons. The van der Waals surface area contributed by atoms with E-state index in [-0.39, 0.29) is 5.91 Å². The summed E-state index contributed by atoms with van der Waals surface area (Å²) in [5.74, 6) is -0.656. The molecule has 26 heavy (non-hydrogen) atoms. The lowest BCUT2D eigenvalue weighted by Crippen LogP contribution is -2.42. The molecule has 136 valence electrons. The van der Waals surface area contributed by atoms with Gasteiger partial charge in [0.05, 0.1) is 12.2 Å². The van der Waals surface area contributed by atoms with Crippen LogP contribution >= 0.6 is 0 Å². The largest absolute Gasteiger partial charge is 0.449 e. The van der Waals surface area contributed by atoms with E-state index in [1.54, 1.807) is 31.1 Å². The standard InChI is InChI=1S/C21H23NO4/c1-15(26-21(24)18-9-7-16(8-10-18)14-25-2)20(23)22-12-11-17-5-3-4-6-19(17)13-22/h3-10,15H,11-14H2,1-2H3/t15-/m1/s1. The Balaban J connectivity index is 1.59. The van der Waals surface area contributed by atoms with E-state index in [2.05, 4.69) is 6.07 Å². The van der Waals surface area contributed by atoms with Crippen molar-refractivity contribution in [3.63, 3.8) is 0 Å². The predicted molar refractivity (Wildman–Crippen MR) is 97.6 cm³/mol. The van der Waals surface area contributed by atoms with Crippen molar-refractivity contribution in [2.75, 3.05) is 13.7 Å². The topological polar surface area (TPSA) is 55.8 Å². The van der Waals surface area contributed by atoms with Crippen molar-refractivity contribution in [2.45, 2.75) is 32.6 Å². The Morgan fingerprint density at radius 3 is 2.46 bits per heavy atom. The van der Waals surface area contributed by atoms with Gasteiger partial charge in [0.2, 0.25) is 0 Å². The Labute approximate surface area is 153 Å². The van der Waals surface area contributed by atoms with Crippen molar-refractivity contribution in [2.24, 2.45) is 0 Å². The summed E-state index contributed by atoms with van der Waals surface area (Å²) in [6.07, 6.45) is 0.00945. The summed E-state index contributed by atoms with van der Waals surface area (Å²) in [6, 6.07) is 15.1. The Morgan fingerprint density at radius 1 is 1.08 bits per heavy atom. The Hall–Kier alpha value is -2.66. The number of hydrogen-bond donors (Lipinski definition) is 0. The number of carbonyl (C=O) groups excluding carboxylic acids is 2. The third-order valence-electron chi connectivity index (χ3n) is 4.57. The summed E-state index contributed by atoms with van der Waals surface area (Å²) < 4.78 is 10.4. The minimum Gasteiger partial charge on any atom is -0.449 e. The van der Waals surface area contributed by atoms with Gasteiger partial charge < -0.3 is 14.4 Å². The summed E-state index contributed by atoms with van der Waals surface area (Å²) in [4.78, 5) is 26.7. The number of benzene rings is 2. The van der Waals surface area contributed by atoms with E-state index in [1.807, 2.05) is 30.3 Å². The molecular formula is C21H23NO4. The molecule has 0 aromatic heterocycles. The lowest BCUT2D eigenvalue weighted by atomic mass is 9.99. The van der Waals surface area contributed by atoms with Gasteiger partial charge >= 0.3 is 5.97 Å². The molecular weight excluding hydrogens is 330 g/mol. The van der Waals surface area contributed by atoms with E-state index in [0.29, 0.717) is 25.3 Å². The van der Waals surface area contributed by atoms with Crippen LogP contribution in [0.25, 0.3) is 0 Å². The van der Waals surface area contributed by atoms with Crippen LogP contribution < -0.4 is 0 Å². The average Bonchev–Trinajstić information content (AvgIpc) is 2.67. The molecule has 0 unspecified atom stereocenters. The summed E-state index contributed by atoms with van der Waals surface area (Å²) in [6.45, 7) is 3.31. The molecule has 0 saturated carbocycles. The number of nitrogens with zero attached hydrogens (tertiary/aromatic N) is 1. The molecule has 5 nitrogen and oxygen atoms in total. The average molecular weight is 353 g/mol. The first kappa shape index (κ1) is 18.1. The van der Waals surface area contributed by atoms with Crippen molar-refractivity contribution in [1.82, 2.24) is 4.90 Å². The third kappa shape index (κ3) is 4.11. The van der Waals surface area contributed by atoms with E-state index in [4.69, 9.17) is 9.47 Å². The zero-order valence-corrected chi connectivity index (χ0v) is 15.1. The van der Waals surface area contributed by atoms with Crippen LogP contribution in [0, 0.1) is 0 Å². The lowest BCUT2D eigenvalue weighted by molar-refractivity contribution is -0.140. The summed E-state index contributed by atoms with van der Waals surface area (Å²) in [7, 11) is 1.62. The zero-order chi connectivity index (χ0) is 18.5. The van der Waals surface area contributed by atoms with Gasteiger partial charge in [-0.2, -0.15) is 0 Å². The number of hydrogen-bond acceptors (Lipinski definition) is 4. The smallest absolute Gasteiger partial charge is 0.338 e. The number of ether oxygens (including phenoxy) is 2. The predicted octanol–water partition coefficient (Wildman–Crippen LogP) is 2.96. The SMILES string of the molecule is COCc1ccc(C(=O)O[C@H](C)C(=O)N2CCc3ccccc3C2)cc1. The molecule has 0 bridgehead atoms. The van der Waals surface area contributed by atoms with E-state index >= 15 is 0 Å². The summed E-state index contributed by atoms with van der Waals surface area (Å²) >= 11 is 0. The molecule has 0 saturated heterocycles. The zero-order valence-electron chi connectivity index (χ0n) is 15.1. The maximum atomic E-state index is 12.6. The van der Waals surface area contributed by atoms with Gasteiger partial charge in [-0.3, -0.25) is 4.79 Å². The van der Waals surface area contributed by atoms with Crippen LogP contribution in [0.1, 0.15) is 34.0 Å². The van der Waals surface area contributed by atoms with Gasteiger partial charge in [-0.25, -0.2) is 4.79 Å². The van der Waals surface area contributed by atoms with Crippen molar-refractivity contribution in [1.29, 1.82) is 0 Å². The highest BCUT2D eigenvalue weighted by molar-refractivity contribution is 5.92. The van der Waals surface area contributed by atoms with Gasteiger partial charge in [0, 0.05) is 20.2 Å². The molecule has 5 heteroatoms. The second kappa shape index (κ2) is 8.15. The number of amides is 1. The van der Waals surface area contributed by atoms with Crippen LogP contribution in [0.3, 0.4) is 0 Å². The van der Waals surface area contributed by atoms with E-state index in [1.165, 1.54) is 5.56 Å². The second-order valence-corrected chi connectivity index (χ2v) is 6.46. The van der Waals surface area contributed by atoms with Gasteiger partial charge in [0.1, 0.15) is 0 Å². The molecule has 2 aromatic rings. The highest BCUT2D eigenvalue weighted by Crippen LogP contribution is 2.19. The maximum Gasteiger partial charge on any atom is 0.338 e. The normalized spacial score (nSPS) is 14.5. The van der Waals surface area contributed by atoms with Crippen LogP contribution in [0.15, 0.2) is 48.5 Å². The number of rotatable bonds is 5. The van der Waals surface area contributed by atoms with Crippen molar-refractivity contribution < 1.29 is 19.1 Å². The molecule has 2 aromatic carbocycles. The molecule has 0 fully saturated rings. The number of methoxy groups -OCH3 is 1. The summed E-state index contributed by atoms with van der Waals surface area (Å²) in [5, 5.41) is 0. The van der Waals surface area contributed by atoms with Gasteiger partial charge in [-0.1, -0.05) is 36.4 Å². The molecule has 0 N–H and O–H groups in total. The quantitative estimate of drug-likeness (QED) is 0.776. The number of carbonyl (C=O) groups is 2. The van der Waals surface area contributed by atoms with E-state index in [0.717, 1.165) is 17.5 Å². The molecule has 1 atom stereocenters. The molecule has 1 amide bonds. The molecule has 1 heterocycles. The van der Waals surface area contributed by atoms with E-state index in [9.17, 15) is 9.59 Å². The number of fused-ring (bicyclic) bond motifs is 1. The van der Waals surface area contributed by atoms with Gasteiger partial charge in [-0.15, -0.1) is 0 Å². The van der Waals surface area contributed by atoms with Crippen LogP contribution in [0.4, 0.5) is 0 Å². The first-order valence-electron chi connectivity index (χ1n) is 8.73. The minimum atomic E-state index is -0.814. The monoisotopic (exact) mass is 353 g/mol. The molecule has 0 spiro atoms. The fraction of sp³-hybridized carbons (Fsp3) is 0.333. The molecule has 3 rings (SSSR count). The van der Waals surface area contributed by atoms with Crippen LogP contribution in [0.5, 0.6) is 0 Å². The fourth-order valence-corrected chi connectivity index (χ4v) is 3.12. The third-order valence-corrected chi connectivity index (χ3v) is 4.57. The fourth-order valence-electron chi connectivity index (χ4n) is 3.12. The van der Waals surface area contributed by atoms with Crippen molar-refractivity contribution in [3.8, 4) is 0 Å². The van der Waals surface area contributed by atoms with Crippen LogP contribution in [-0.4, -0.2) is 36.5 Å². The lowest BCUT2D eigenvalue weighted by Gasteiger charge is -2.30. The van der Waals surface area contributed by atoms with Crippen molar-refractivity contribution in [3.05, 3.63) is 70.8 Å². The second-order valence-electron chi connectivity index (χ2n) is 6.46. The van der Waals surface area contributed by atoms with E-state index < -0.39 is 12.1 Å². The minimum absolute atomic E-state index is 0.163. The molecule has 0 aliphatic carbocycles. The Kier molecular flexibility index (Phi) is 5.68. The van der Waals surface area contributed by atoms with Gasteiger partial charge in [0.25, 0.3) is 5.91 Å². The Bertz CT molecular complexity index is 785. The Morgan fingerprint density at radius 2 is 1.77 bits per heavy atom. The van der Waals surface area contributed by atoms with Gasteiger partial charge in [-0.05, 0) is 42.2 Å². The van der Waals surface area contributed by atoms with Crippen LogP contribution in [-0.2, 0) is 33.8 Å². The highest BCUT2D eigenvalue weighted by Gasteiger charge is 2.27. The van der Waals surface area contributed by atoms with Gasteiger partial charge in [0.15, 0.2) is 6.10 Å². The first-order valence-corrected chi connectivity index (χ1v) is 8.73. The van der Waals surface area contributed by atoms with Crippen molar-refractivity contribution >= 4 is 11.9 Å². The molecule has 1 aliphatic rings. The maximum absolute atomic E-state index is 12.6. The summed E-state index contributed by atoms with van der Waals surface area (Å²) in [5.41, 5.74) is 3.82. The molecule has 1 aliphatic heterocycles.